The third-order valence-corrected chi connectivity index (χ3v) is 3.27. The highest BCUT2D eigenvalue weighted by molar-refractivity contribution is 7.80. The lowest BCUT2D eigenvalue weighted by Gasteiger charge is -2.10. The van der Waals surface area contributed by atoms with Gasteiger partial charge in [0.25, 0.3) is 0 Å². The van der Waals surface area contributed by atoms with Gasteiger partial charge in [-0.1, -0.05) is 37.6 Å². The van der Waals surface area contributed by atoms with Crippen LogP contribution in [-0.4, -0.2) is 21.4 Å². The number of hydrogen-bond donors (Lipinski definition) is 2. The fourth-order valence-electron chi connectivity index (χ4n) is 1.80. The zero-order valence-electron chi connectivity index (χ0n) is 12.1. The van der Waals surface area contributed by atoms with Gasteiger partial charge < -0.3 is 10.6 Å². The Morgan fingerprint density at radius 1 is 1.38 bits per heavy atom. The van der Waals surface area contributed by atoms with Gasteiger partial charge in [-0.15, -0.1) is 0 Å². The summed E-state index contributed by atoms with van der Waals surface area (Å²) in [5.41, 5.74) is 1.11. The lowest BCUT2D eigenvalue weighted by molar-refractivity contribution is 0.627. The lowest BCUT2D eigenvalue weighted by Crippen LogP contribution is -2.31. The SMILES string of the molecule is CC(C)CNC(=S)Nc1ccn(Cc2cccc(Cl)c2)n1. The summed E-state index contributed by atoms with van der Waals surface area (Å²) in [6, 6.07) is 9.65. The number of thiocarbonyl (C=S) groups is 1. The van der Waals surface area contributed by atoms with E-state index in [1.807, 2.05) is 41.2 Å². The molecule has 0 spiro atoms. The number of nitrogens with one attached hydrogen (secondary N) is 2. The molecule has 112 valence electrons. The third kappa shape index (κ3) is 5.36. The first-order chi connectivity index (χ1) is 10.0. The molecule has 1 aromatic heterocycles. The van der Waals surface area contributed by atoms with E-state index in [-0.39, 0.29) is 0 Å². The van der Waals surface area contributed by atoms with Crippen LogP contribution in [0.5, 0.6) is 0 Å². The molecular formula is C15H19ClN4S. The summed E-state index contributed by atoms with van der Waals surface area (Å²) >= 11 is 11.2. The van der Waals surface area contributed by atoms with Crippen LogP contribution in [0, 0.1) is 5.92 Å². The highest BCUT2D eigenvalue weighted by Crippen LogP contribution is 2.12. The van der Waals surface area contributed by atoms with Crippen molar-refractivity contribution < 1.29 is 0 Å². The van der Waals surface area contributed by atoms with Gasteiger partial charge >= 0.3 is 0 Å². The summed E-state index contributed by atoms with van der Waals surface area (Å²) < 4.78 is 1.85. The minimum atomic E-state index is 0.546. The Bertz CT molecular complexity index is 609. The van der Waals surface area contributed by atoms with Gasteiger partial charge in [0.15, 0.2) is 10.9 Å². The first-order valence-electron chi connectivity index (χ1n) is 6.85. The maximum atomic E-state index is 5.98. The summed E-state index contributed by atoms with van der Waals surface area (Å²) in [6.45, 7) is 5.79. The second kappa shape index (κ2) is 7.43. The zero-order chi connectivity index (χ0) is 15.2. The Morgan fingerprint density at radius 2 is 2.19 bits per heavy atom. The van der Waals surface area contributed by atoms with Crippen LogP contribution in [0.3, 0.4) is 0 Å². The van der Waals surface area contributed by atoms with Crippen molar-refractivity contribution in [1.82, 2.24) is 15.1 Å². The predicted octanol–water partition coefficient (Wildman–Crippen LogP) is 3.53. The maximum Gasteiger partial charge on any atom is 0.171 e. The zero-order valence-corrected chi connectivity index (χ0v) is 13.7. The van der Waals surface area contributed by atoms with Crippen molar-refractivity contribution in [3.05, 3.63) is 47.1 Å². The maximum absolute atomic E-state index is 5.98. The van der Waals surface area contributed by atoms with Gasteiger partial charge in [-0.3, -0.25) is 4.68 Å². The van der Waals surface area contributed by atoms with Gasteiger partial charge in [-0.05, 0) is 35.8 Å². The van der Waals surface area contributed by atoms with E-state index in [0.29, 0.717) is 17.6 Å². The highest BCUT2D eigenvalue weighted by Gasteiger charge is 2.03. The van der Waals surface area contributed by atoms with E-state index in [0.717, 1.165) is 22.9 Å². The molecule has 0 fully saturated rings. The monoisotopic (exact) mass is 322 g/mol. The molecule has 0 saturated heterocycles. The van der Waals surface area contributed by atoms with E-state index < -0.39 is 0 Å². The summed E-state index contributed by atoms with van der Waals surface area (Å²) in [5, 5.41) is 12.0. The summed E-state index contributed by atoms with van der Waals surface area (Å²) in [6.07, 6.45) is 1.91. The molecular weight excluding hydrogens is 304 g/mol. The summed E-state index contributed by atoms with van der Waals surface area (Å²) in [4.78, 5) is 0. The van der Waals surface area contributed by atoms with Crippen LogP contribution in [0.1, 0.15) is 19.4 Å². The van der Waals surface area contributed by atoms with Gasteiger partial charge in [-0.25, -0.2) is 0 Å². The Balaban J connectivity index is 1.91. The van der Waals surface area contributed by atoms with Crippen molar-refractivity contribution in [3.8, 4) is 0 Å². The first kappa shape index (κ1) is 15.8. The van der Waals surface area contributed by atoms with E-state index in [4.69, 9.17) is 23.8 Å². The molecule has 21 heavy (non-hydrogen) atoms. The molecule has 4 nitrogen and oxygen atoms in total. The molecule has 0 radical (unpaired) electrons. The predicted molar refractivity (Wildman–Crippen MR) is 91.8 cm³/mol. The summed E-state index contributed by atoms with van der Waals surface area (Å²) in [5.74, 6) is 1.28. The molecule has 2 aromatic rings. The van der Waals surface area contributed by atoms with Crippen molar-refractivity contribution >= 4 is 34.7 Å². The molecule has 0 amide bonds. The molecule has 2 N–H and O–H groups in total. The molecule has 2 rings (SSSR count). The normalized spacial score (nSPS) is 10.7. The van der Waals surface area contributed by atoms with E-state index in [9.17, 15) is 0 Å². The van der Waals surface area contributed by atoms with Crippen LogP contribution in [0.2, 0.25) is 5.02 Å². The molecule has 6 heteroatoms. The molecule has 0 bridgehead atoms. The molecule has 0 unspecified atom stereocenters. The number of hydrogen-bond acceptors (Lipinski definition) is 2. The van der Waals surface area contributed by atoms with Crippen LogP contribution < -0.4 is 10.6 Å². The molecule has 1 heterocycles. The molecule has 0 atom stereocenters. The van der Waals surface area contributed by atoms with Gasteiger partial charge in [0.05, 0.1) is 6.54 Å². The van der Waals surface area contributed by atoms with Gasteiger partial charge in [0.1, 0.15) is 0 Å². The van der Waals surface area contributed by atoms with Gasteiger partial charge in [0.2, 0.25) is 0 Å². The number of benzene rings is 1. The number of aromatic nitrogens is 2. The number of nitrogens with zero attached hydrogens (tertiary/aromatic N) is 2. The Kier molecular flexibility index (Phi) is 5.59. The smallest absolute Gasteiger partial charge is 0.171 e. The summed E-state index contributed by atoms with van der Waals surface area (Å²) in [7, 11) is 0. The Hall–Kier alpha value is -1.59. The van der Waals surface area contributed by atoms with Crippen molar-refractivity contribution in [3.63, 3.8) is 0 Å². The van der Waals surface area contributed by atoms with E-state index >= 15 is 0 Å². The lowest BCUT2D eigenvalue weighted by atomic mass is 10.2. The van der Waals surface area contributed by atoms with E-state index in [1.54, 1.807) is 0 Å². The average Bonchev–Trinajstić information content (AvgIpc) is 2.83. The molecule has 1 aromatic carbocycles. The standard InChI is InChI=1S/C15H19ClN4S/c1-11(2)9-17-15(21)18-14-6-7-20(19-14)10-12-4-3-5-13(16)8-12/h3-8,11H,9-10H2,1-2H3,(H2,17,18,19,21). The van der Waals surface area contributed by atoms with Gasteiger partial charge in [-0.2, -0.15) is 5.10 Å². The van der Waals surface area contributed by atoms with Gasteiger partial charge in [0, 0.05) is 23.8 Å². The molecule has 0 aliphatic rings. The van der Waals surface area contributed by atoms with Crippen LogP contribution in [0.15, 0.2) is 36.5 Å². The Labute approximate surface area is 135 Å². The van der Waals surface area contributed by atoms with Crippen molar-refractivity contribution in [1.29, 1.82) is 0 Å². The van der Waals surface area contributed by atoms with E-state index in [2.05, 4.69) is 29.6 Å². The molecule has 0 aliphatic heterocycles. The average molecular weight is 323 g/mol. The minimum absolute atomic E-state index is 0.546. The molecule has 0 saturated carbocycles. The highest BCUT2D eigenvalue weighted by atomic mass is 35.5. The first-order valence-corrected chi connectivity index (χ1v) is 7.64. The van der Waals surface area contributed by atoms with Crippen LogP contribution in [-0.2, 0) is 6.54 Å². The van der Waals surface area contributed by atoms with Crippen molar-refractivity contribution in [2.75, 3.05) is 11.9 Å². The quantitative estimate of drug-likeness (QED) is 0.826. The number of rotatable bonds is 5. The fraction of sp³-hybridized carbons (Fsp3) is 0.333. The third-order valence-electron chi connectivity index (χ3n) is 2.79. The van der Waals surface area contributed by atoms with Crippen LogP contribution in [0.4, 0.5) is 5.82 Å². The minimum Gasteiger partial charge on any atom is -0.362 e. The Morgan fingerprint density at radius 3 is 2.90 bits per heavy atom. The van der Waals surface area contributed by atoms with Crippen LogP contribution >= 0.6 is 23.8 Å². The largest absolute Gasteiger partial charge is 0.362 e. The number of anilines is 1. The van der Waals surface area contributed by atoms with Crippen LogP contribution in [0.25, 0.3) is 0 Å². The topological polar surface area (TPSA) is 41.9 Å². The number of halogens is 1. The van der Waals surface area contributed by atoms with E-state index in [1.165, 1.54) is 0 Å². The second-order valence-electron chi connectivity index (χ2n) is 5.26. The second-order valence-corrected chi connectivity index (χ2v) is 6.10. The molecule has 0 aliphatic carbocycles. The van der Waals surface area contributed by atoms with Crippen molar-refractivity contribution in [2.45, 2.75) is 20.4 Å². The fourth-order valence-corrected chi connectivity index (χ4v) is 2.20. The van der Waals surface area contributed by atoms with Crippen molar-refractivity contribution in [2.24, 2.45) is 5.92 Å².